The zero-order valence-corrected chi connectivity index (χ0v) is 20.1. The molecule has 1 aliphatic heterocycles. The number of piperidine rings is 1. The van der Waals surface area contributed by atoms with Crippen LogP contribution in [0.5, 0.6) is 0 Å². The average molecular weight is 551 g/mol. The Morgan fingerprint density at radius 1 is 1.08 bits per heavy atom. The van der Waals surface area contributed by atoms with Crippen molar-refractivity contribution in [1.29, 1.82) is 5.26 Å². The topological polar surface area (TPSA) is 95.9 Å². The average Bonchev–Trinajstić information content (AvgIpc) is 2.87. The van der Waals surface area contributed by atoms with Crippen LogP contribution in [0.25, 0.3) is 11.3 Å². The number of Topliss-reactive ketones (excluding diaryl/α,β-unsaturated/α-hetero) is 1. The van der Waals surface area contributed by atoms with Gasteiger partial charge in [-0.15, -0.1) is 0 Å². The second kappa shape index (κ2) is 10.5. The molecule has 1 aliphatic rings. The predicted octanol–water partition coefficient (Wildman–Crippen LogP) is 5.96. The molecule has 3 aromatic rings. The van der Waals surface area contributed by atoms with Crippen LogP contribution in [0.15, 0.2) is 42.5 Å². The Morgan fingerprint density at radius 3 is 2.36 bits per heavy atom. The number of alkyl halides is 6. The number of benzene rings is 1. The number of nitrogens with zero attached hydrogens (tertiary/aromatic N) is 4. The van der Waals surface area contributed by atoms with Gasteiger partial charge in [-0.05, 0) is 67.6 Å². The Labute approximate surface area is 217 Å². The van der Waals surface area contributed by atoms with Crippen LogP contribution < -0.4 is 10.6 Å². The van der Waals surface area contributed by atoms with E-state index in [1.54, 1.807) is 11.0 Å². The van der Waals surface area contributed by atoms with Gasteiger partial charge in [0.15, 0.2) is 0 Å². The maximum Gasteiger partial charge on any atom is 0.455 e. The first-order valence-electron chi connectivity index (χ1n) is 11.7. The first kappa shape index (κ1) is 27.8. The van der Waals surface area contributed by atoms with Crippen molar-refractivity contribution in [3.8, 4) is 17.3 Å². The van der Waals surface area contributed by atoms with Crippen LogP contribution in [0.1, 0.15) is 40.0 Å². The number of nitrogens with two attached hydrogens (primary N) is 1. The van der Waals surface area contributed by atoms with E-state index in [1.807, 2.05) is 0 Å². The third kappa shape index (κ3) is 6.10. The SMILES string of the molecule is N#Cc1c(C(F)(F)F)cc(-c2ccc(F)cc2)nc1N1CCCC(Cc2ccc(C(=O)C(F)(F)F)c(N)n2)C1. The number of carbonyl (C=O) groups excluding carboxylic acids is 1. The lowest BCUT2D eigenvalue weighted by Crippen LogP contribution is -2.37. The van der Waals surface area contributed by atoms with Crippen LogP contribution in [0, 0.1) is 23.1 Å². The van der Waals surface area contributed by atoms with Gasteiger partial charge in [0.2, 0.25) is 0 Å². The van der Waals surface area contributed by atoms with Crippen molar-refractivity contribution in [2.24, 2.45) is 5.92 Å². The van der Waals surface area contributed by atoms with Gasteiger partial charge in [-0.25, -0.2) is 14.4 Å². The molecule has 0 aliphatic carbocycles. The Balaban J connectivity index is 1.65. The van der Waals surface area contributed by atoms with Gasteiger partial charge in [0, 0.05) is 24.3 Å². The summed E-state index contributed by atoms with van der Waals surface area (Å²) >= 11 is 0. The van der Waals surface area contributed by atoms with Gasteiger partial charge in [0.1, 0.15) is 29.1 Å². The van der Waals surface area contributed by atoms with Crippen LogP contribution in [-0.4, -0.2) is 35.0 Å². The van der Waals surface area contributed by atoms with Gasteiger partial charge in [-0.1, -0.05) is 0 Å². The Kier molecular flexibility index (Phi) is 7.50. The molecule has 13 heteroatoms. The molecule has 1 aromatic carbocycles. The number of aromatic nitrogens is 2. The zero-order chi connectivity index (χ0) is 28.5. The number of halogens is 7. The second-order valence-electron chi connectivity index (χ2n) is 9.09. The minimum atomic E-state index is -5.11. The lowest BCUT2D eigenvalue weighted by molar-refractivity contribution is -0.137. The fraction of sp³-hybridized carbons (Fsp3) is 0.308. The largest absolute Gasteiger partial charge is 0.455 e. The summed E-state index contributed by atoms with van der Waals surface area (Å²) in [6.07, 6.45) is -8.60. The smallest absolute Gasteiger partial charge is 0.383 e. The van der Waals surface area contributed by atoms with Crippen LogP contribution in [0.3, 0.4) is 0 Å². The van der Waals surface area contributed by atoms with Crippen molar-refractivity contribution < 1.29 is 35.5 Å². The standard InChI is InChI=1S/C26H20F7N5O/c27-16-5-3-15(4-6-16)21-11-20(25(28,29)30)19(12-34)24(37-21)38-9-1-2-14(13-38)10-17-7-8-18(23(35)36-17)22(39)26(31,32)33/h3-8,11,14H,1-2,9-10,13H2,(H2,35,36). The van der Waals surface area contributed by atoms with Crippen molar-refractivity contribution in [2.75, 3.05) is 23.7 Å². The predicted molar refractivity (Wildman–Crippen MR) is 127 cm³/mol. The Hall–Kier alpha value is -4.21. The molecule has 0 bridgehead atoms. The maximum absolute atomic E-state index is 13.9. The van der Waals surface area contributed by atoms with Gasteiger partial charge in [-0.2, -0.15) is 31.6 Å². The van der Waals surface area contributed by atoms with Gasteiger partial charge < -0.3 is 10.6 Å². The fourth-order valence-corrected chi connectivity index (χ4v) is 4.56. The van der Waals surface area contributed by atoms with E-state index in [2.05, 4.69) is 9.97 Å². The number of nitriles is 1. The number of ketones is 1. The lowest BCUT2D eigenvalue weighted by atomic mass is 9.92. The van der Waals surface area contributed by atoms with Crippen molar-refractivity contribution in [3.63, 3.8) is 0 Å². The highest BCUT2D eigenvalue weighted by Gasteiger charge is 2.41. The van der Waals surface area contributed by atoms with Crippen molar-refractivity contribution in [2.45, 2.75) is 31.6 Å². The number of nitrogen functional groups attached to an aromatic ring is 1. The molecular formula is C26H20F7N5O. The van der Waals surface area contributed by atoms with E-state index in [1.165, 1.54) is 18.2 Å². The number of carbonyl (C=O) groups is 1. The Morgan fingerprint density at radius 2 is 1.77 bits per heavy atom. The summed E-state index contributed by atoms with van der Waals surface area (Å²) in [5, 5.41) is 9.65. The molecule has 204 valence electrons. The first-order chi connectivity index (χ1) is 18.3. The van der Waals surface area contributed by atoms with Gasteiger partial charge >= 0.3 is 12.4 Å². The fourth-order valence-electron chi connectivity index (χ4n) is 4.56. The summed E-state index contributed by atoms with van der Waals surface area (Å²) in [6, 6.07) is 9.33. The van der Waals surface area contributed by atoms with Crippen LogP contribution in [0.4, 0.5) is 42.4 Å². The van der Waals surface area contributed by atoms with E-state index in [0.717, 1.165) is 24.3 Å². The highest BCUT2D eigenvalue weighted by Crippen LogP contribution is 2.39. The monoisotopic (exact) mass is 551 g/mol. The van der Waals surface area contributed by atoms with E-state index in [0.29, 0.717) is 25.1 Å². The number of hydrogen-bond acceptors (Lipinski definition) is 6. The Bertz CT molecular complexity index is 1430. The molecule has 2 aromatic heterocycles. The molecular weight excluding hydrogens is 531 g/mol. The maximum atomic E-state index is 13.9. The molecule has 0 radical (unpaired) electrons. The molecule has 6 nitrogen and oxygen atoms in total. The molecule has 1 saturated heterocycles. The third-order valence-corrected chi connectivity index (χ3v) is 6.36. The lowest BCUT2D eigenvalue weighted by Gasteiger charge is -2.34. The van der Waals surface area contributed by atoms with Crippen LogP contribution >= 0.6 is 0 Å². The van der Waals surface area contributed by atoms with Gasteiger partial charge in [-0.3, -0.25) is 4.79 Å². The highest BCUT2D eigenvalue weighted by molar-refractivity contribution is 6.03. The quantitative estimate of drug-likeness (QED) is 0.311. The van der Waals surface area contributed by atoms with Crippen molar-refractivity contribution in [1.82, 2.24) is 9.97 Å². The summed E-state index contributed by atoms with van der Waals surface area (Å²) < 4.78 is 93.5. The van der Waals surface area contributed by atoms with E-state index in [9.17, 15) is 40.8 Å². The molecule has 39 heavy (non-hydrogen) atoms. The molecule has 0 saturated carbocycles. The summed E-state index contributed by atoms with van der Waals surface area (Å²) in [7, 11) is 0. The summed E-state index contributed by atoms with van der Waals surface area (Å²) in [4.78, 5) is 21.3. The first-order valence-corrected chi connectivity index (χ1v) is 11.7. The van der Waals surface area contributed by atoms with E-state index in [-0.39, 0.29) is 36.0 Å². The highest BCUT2D eigenvalue weighted by atomic mass is 19.4. The van der Waals surface area contributed by atoms with Gasteiger partial charge in [0.05, 0.1) is 16.8 Å². The molecule has 1 fully saturated rings. The molecule has 4 rings (SSSR count). The van der Waals surface area contributed by atoms with Crippen molar-refractivity contribution in [3.05, 3.63) is 70.7 Å². The molecule has 0 amide bonds. The number of rotatable bonds is 5. The van der Waals surface area contributed by atoms with E-state index >= 15 is 0 Å². The number of hydrogen-bond donors (Lipinski definition) is 1. The second-order valence-corrected chi connectivity index (χ2v) is 9.09. The summed E-state index contributed by atoms with van der Waals surface area (Å²) in [5.74, 6) is -3.65. The number of anilines is 2. The molecule has 2 N–H and O–H groups in total. The minimum absolute atomic E-state index is 0.0854. The van der Waals surface area contributed by atoms with E-state index < -0.39 is 46.5 Å². The molecule has 1 atom stereocenters. The molecule has 1 unspecified atom stereocenters. The normalized spacial score (nSPS) is 16.2. The van der Waals surface area contributed by atoms with Gasteiger partial charge in [0.25, 0.3) is 5.78 Å². The molecule has 3 heterocycles. The van der Waals surface area contributed by atoms with E-state index in [4.69, 9.17) is 5.73 Å². The van der Waals surface area contributed by atoms with Crippen LogP contribution in [0.2, 0.25) is 0 Å². The minimum Gasteiger partial charge on any atom is -0.383 e. The third-order valence-electron chi connectivity index (χ3n) is 6.36. The van der Waals surface area contributed by atoms with Crippen molar-refractivity contribution >= 4 is 17.4 Å². The molecule has 0 spiro atoms. The van der Waals surface area contributed by atoms with Crippen LogP contribution in [-0.2, 0) is 12.6 Å². The summed E-state index contributed by atoms with van der Waals surface area (Å²) in [5.41, 5.74) is 3.47. The summed E-state index contributed by atoms with van der Waals surface area (Å²) in [6.45, 7) is 0.480. The zero-order valence-electron chi connectivity index (χ0n) is 20.1. The number of pyridine rings is 2.